The fourth-order valence-electron chi connectivity index (χ4n) is 2.06. The van der Waals surface area contributed by atoms with Crippen LogP contribution in [0, 0.1) is 23.7 Å². The lowest BCUT2D eigenvalue weighted by Crippen LogP contribution is -2.03. The van der Waals surface area contributed by atoms with Crippen molar-refractivity contribution in [1.82, 2.24) is 0 Å². The Balaban J connectivity index is 2.41. The van der Waals surface area contributed by atoms with Gasteiger partial charge in [0.25, 0.3) is 0 Å². The maximum atomic E-state index is 2.40. The summed E-state index contributed by atoms with van der Waals surface area (Å²) in [5, 5.41) is 0. The van der Waals surface area contributed by atoms with Crippen molar-refractivity contribution >= 4 is 0 Å². The summed E-state index contributed by atoms with van der Waals surface area (Å²) < 4.78 is 0. The molecule has 0 spiro atoms. The van der Waals surface area contributed by atoms with Gasteiger partial charge >= 0.3 is 0 Å². The van der Waals surface area contributed by atoms with E-state index in [2.05, 4.69) is 27.7 Å². The highest BCUT2D eigenvalue weighted by Gasteiger charge is 2.29. The van der Waals surface area contributed by atoms with E-state index in [1.807, 2.05) is 0 Å². The molecule has 0 aromatic heterocycles. The van der Waals surface area contributed by atoms with E-state index in [0.29, 0.717) is 0 Å². The smallest absolute Gasteiger partial charge is 0.0386 e. The largest absolute Gasteiger partial charge is 0.0625 e. The second kappa shape index (κ2) is 2.94. The van der Waals surface area contributed by atoms with Gasteiger partial charge in [-0.25, -0.2) is 0 Å². The normalized spacial score (nSPS) is 41.1. The van der Waals surface area contributed by atoms with Crippen LogP contribution in [0.1, 0.15) is 40.5 Å². The van der Waals surface area contributed by atoms with Gasteiger partial charge in [0.05, 0.1) is 0 Å². The zero-order valence-electron chi connectivity index (χ0n) is 7.72. The Hall–Kier alpha value is 0. The third-order valence-corrected chi connectivity index (χ3v) is 3.26. The van der Waals surface area contributed by atoms with E-state index >= 15 is 0 Å². The summed E-state index contributed by atoms with van der Waals surface area (Å²) in [5.74, 6) is 3.89. The Morgan fingerprint density at radius 2 is 1.40 bits per heavy atom. The van der Waals surface area contributed by atoms with Gasteiger partial charge in [-0.3, -0.25) is 0 Å². The molecule has 1 rings (SSSR count). The highest BCUT2D eigenvalue weighted by atomic mass is 14.3. The van der Waals surface area contributed by atoms with Crippen LogP contribution in [-0.2, 0) is 0 Å². The van der Waals surface area contributed by atoms with Crippen molar-refractivity contribution in [3.8, 4) is 0 Å². The Kier molecular flexibility index (Phi) is 2.38. The molecule has 0 amide bonds. The Morgan fingerprint density at radius 1 is 1.00 bits per heavy atom. The predicted octanol–water partition coefficient (Wildman–Crippen LogP) is 3.32. The van der Waals surface area contributed by atoms with Crippen LogP contribution in [0.2, 0.25) is 0 Å². The van der Waals surface area contributed by atoms with E-state index in [0.717, 1.165) is 23.7 Å². The van der Waals surface area contributed by atoms with Crippen LogP contribution < -0.4 is 0 Å². The lowest BCUT2D eigenvalue weighted by Gasteiger charge is -2.12. The molecule has 0 heterocycles. The molecule has 1 aliphatic carbocycles. The number of hydrogen-bond donors (Lipinski definition) is 0. The average Bonchev–Trinajstić information content (AvgIpc) is 2.13. The molecule has 1 saturated carbocycles. The van der Waals surface area contributed by atoms with Crippen LogP contribution in [0.4, 0.5) is 0 Å². The maximum Gasteiger partial charge on any atom is -0.0386 e. The van der Waals surface area contributed by atoms with Gasteiger partial charge in [-0.05, 0) is 36.5 Å². The van der Waals surface area contributed by atoms with E-state index in [1.165, 1.54) is 12.8 Å². The van der Waals surface area contributed by atoms with Crippen molar-refractivity contribution < 1.29 is 0 Å². The Morgan fingerprint density at radius 3 is 1.60 bits per heavy atom. The van der Waals surface area contributed by atoms with Gasteiger partial charge in [0.15, 0.2) is 0 Å². The zero-order valence-corrected chi connectivity index (χ0v) is 7.72. The standard InChI is InChI=1S/C10H20/c1-7(2)10-5-8(3)9(4)6-10/h7-10H,5-6H2,1-4H3. The van der Waals surface area contributed by atoms with Crippen LogP contribution in [-0.4, -0.2) is 0 Å². The van der Waals surface area contributed by atoms with Crippen LogP contribution in [0.25, 0.3) is 0 Å². The minimum atomic E-state index is 0.910. The summed E-state index contributed by atoms with van der Waals surface area (Å²) in [4.78, 5) is 0. The minimum Gasteiger partial charge on any atom is -0.0625 e. The molecule has 2 unspecified atom stereocenters. The predicted molar refractivity (Wildman–Crippen MR) is 45.9 cm³/mol. The van der Waals surface area contributed by atoms with Gasteiger partial charge in [0, 0.05) is 0 Å². The Labute approximate surface area is 65.0 Å². The zero-order chi connectivity index (χ0) is 7.72. The third-order valence-electron chi connectivity index (χ3n) is 3.26. The summed E-state index contributed by atoms with van der Waals surface area (Å²) in [5.41, 5.74) is 0. The summed E-state index contributed by atoms with van der Waals surface area (Å²) in [7, 11) is 0. The molecule has 0 saturated heterocycles. The SMILES string of the molecule is CC(C)C1CC(C)C(C)C1. The van der Waals surface area contributed by atoms with Gasteiger partial charge in [0.2, 0.25) is 0 Å². The van der Waals surface area contributed by atoms with Crippen LogP contribution in [0.3, 0.4) is 0 Å². The molecule has 0 aromatic rings. The van der Waals surface area contributed by atoms with Crippen LogP contribution in [0.5, 0.6) is 0 Å². The molecule has 0 nitrogen and oxygen atoms in total. The van der Waals surface area contributed by atoms with E-state index < -0.39 is 0 Å². The first-order chi connectivity index (χ1) is 4.61. The maximum absolute atomic E-state index is 2.40. The van der Waals surface area contributed by atoms with Crippen LogP contribution in [0.15, 0.2) is 0 Å². The second-order valence-electron chi connectivity index (χ2n) is 4.43. The van der Waals surface area contributed by atoms with Gasteiger partial charge < -0.3 is 0 Å². The number of rotatable bonds is 1. The lowest BCUT2D eigenvalue weighted by molar-refractivity contribution is 0.381. The number of hydrogen-bond acceptors (Lipinski definition) is 0. The van der Waals surface area contributed by atoms with E-state index in [9.17, 15) is 0 Å². The van der Waals surface area contributed by atoms with Crippen LogP contribution >= 0.6 is 0 Å². The van der Waals surface area contributed by atoms with Gasteiger partial charge in [0.1, 0.15) is 0 Å². The first kappa shape index (κ1) is 8.10. The molecule has 0 bridgehead atoms. The van der Waals surface area contributed by atoms with Crippen molar-refractivity contribution in [1.29, 1.82) is 0 Å². The molecule has 10 heavy (non-hydrogen) atoms. The van der Waals surface area contributed by atoms with Crippen molar-refractivity contribution in [2.75, 3.05) is 0 Å². The van der Waals surface area contributed by atoms with Gasteiger partial charge in [-0.1, -0.05) is 27.7 Å². The van der Waals surface area contributed by atoms with E-state index in [-0.39, 0.29) is 0 Å². The topological polar surface area (TPSA) is 0 Å². The lowest BCUT2D eigenvalue weighted by atomic mass is 9.93. The van der Waals surface area contributed by atoms with E-state index in [4.69, 9.17) is 0 Å². The molecule has 60 valence electrons. The summed E-state index contributed by atoms with van der Waals surface area (Å²) in [6.07, 6.45) is 2.94. The molecule has 2 atom stereocenters. The first-order valence-corrected chi connectivity index (χ1v) is 4.61. The van der Waals surface area contributed by atoms with Crippen molar-refractivity contribution in [3.05, 3.63) is 0 Å². The van der Waals surface area contributed by atoms with Crippen molar-refractivity contribution in [2.45, 2.75) is 40.5 Å². The van der Waals surface area contributed by atoms with E-state index in [1.54, 1.807) is 0 Å². The quantitative estimate of drug-likeness (QED) is 0.524. The first-order valence-electron chi connectivity index (χ1n) is 4.61. The molecule has 0 N–H and O–H groups in total. The summed E-state index contributed by atoms with van der Waals surface area (Å²) >= 11 is 0. The monoisotopic (exact) mass is 140 g/mol. The van der Waals surface area contributed by atoms with Crippen molar-refractivity contribution in [3.63, 3.8) is 0 Å². The highest BCUT2D eigenvalue weighted by molar-refractivity contribution is 4.79. The average molecular weight is 140 g/mol. The molecular weight excluding hydrogens is 120 g/mol. The molecule has 0 radical (unpaired) electrons. The molecule has 1 aliphatic rings. The molecule has 0 heteroatoms. The third kappa shape index (κ3) is 1.53. The fraction of sp³-hybridized carbons (Fsp3) is 1.00. The second-order valence-corrected chi connectivity index (χ2v) is 4.43. The fourth-order valence-corrected chi connectivity index (χ4v) is 2.06. The molecule has 0 aromatic carbocycles. The molecular formula is C10H20. The molecule has 0 aliphatic heterocycles. The summed E-state index contributed by atoms with van der Waals surface area (Å²) in [6, 6.07) is 0. The van der Waals surface area contributed by atoms with Crippen molar-refractivity contribution in [2.24, 2.45) is 23.7 Å². The van der Waals surface area contributed by atoms with Gasteiger partial charge in [-0.15, -0.1) is 0 Å². The highest BCUT2D eigenvalue weighted by Crippen LogP contribution is 2.39. The summed E-state index contributed by atoms with van der Waals surface area (Å²) in [6.45, 7) is 9.50. The Bertz CT molecular complexity index is 94.6. The minimum absolute atomic E-state index is 0.910. The van der Waals surface area contributed by atoms with Gasteiger partial charge in [-0.2, -0.15) is 0 Å². The molecule has 1 fully saturated rings.